The Kier molecular flexibility index (Phi) is 6.00. The molecule has 0 amide bonds. The van der Waals surface area contributed by atoms with E-state index in [4.69, 9.17) is 4.74 Å². The van der Waals surface area contributed by atoms with E-state index in [-0.39, 0.29) is 12.0 Å². The molecule has 1 rings (SSSR count). The summed E-state index contributed by atoms with van der Waals surface area (Å²) in [7, 11) is 0. The van der Waals surface area contributed by atoms with Crippen LogP contribution in [0.5, 0.6) is 0 Å². The highest BCUT2D eigenvalue weighted by molar-refractivity contribution is 6.02. The van der Waals surface area contributed by atoms with Crippen LogP contribution in [0.25, 0.3) is 0 Å². The van der Waals surface area contributed by atoms with Crippen LogP contribution in [-0.2, 0) is 9.53 Å². The minimum Gasteiger partial charge on any atom is -0.463 e. The molecule has 0 aliphatic rings. The number of esters is 1. The van der Waals surface area contributed by atoms with Gasteiger partial charge in [0.25, 0.3) is 0 Å². The Labute approximate surface area is 115 Å². The van der Waals surface area contributed by atoms with Gasteiger partial charge in [0.15, 0.2) is 0 Å². The van der Waals surface area contributed by atoms with Crippen LogP contribution in [0.15, 0.2) is 47.0 Å². The molecular formula is C16H21NO2. The maximum Gasteiger partial charge on any atom is 0.331 e. The third-order valence-corrected chi connectivity index (χ3v) is 2.86. The highest BCUT2D eigenvalue weighted by atomic mass is 16.5. The lowest BCUT2D eigenvalue weighted by Gasteiger charge is -2.09. The van der Waals surface area contributed by atoms with E-state index in [0.29, 0.717) is 6.61 Å². The number of aliphatic imine (C=N–C) groups is 1. The molecule has 1 atom stereocenters. The third-order valence-electron chi connectivity index (χ3n) is 2.86. The Morgan fingerprint density at radius 3 is 2.53 bits per heavy atom. The smallest absolute Gasteiger partial charge is 0.331 e. The van der Waals surface area contributed by atoms with Crippen molar-refractivity contribution in [3.05, 3.63) is 47.5 Å². The van der Waals surface area contributed by atoms with Crippen LogP contribution in [-0.4, -0.2) is 18.3 Å². The van der Waals surface area contributed by atoms with E-state index in [0.717, 1.165) is 16.8 Å². The number of allylic oxidation sites excluding steroid dienone is 1. The number of rotatable bonds is 5. The molecule has 0 aliphatic carbocycles. The average Bonchev–Trinajstić information content (AvgIpc) is 2.39. The van der Waals surface area contributed by atoms with Gasteiger partial charge in [0.2, 0.25) is 0 Å². The molecule has 0 spiro atoms. The first-order chi connectivity index (χ1) is 9.04. The lowest BCUT2D eigenvalue weighted by atomic mass is 10.1. The lowest BCUT2D eigenvalue weighted by molar-refractivity contribution is -0.137. The standard InChI is InChI=1S/C16H21NO2/c1-5-19-16(18)11-12(2)13(3)17-14(4)15-9-7-6-8-10-15/h6-11,14H,5H2,1-4H3/b12-11+,17-13?/t14-/m0/s1. The summed E-state index contributed by atoms with van der Waals surface area (Å²) in [5, 5.41) is 0. The zero-order valence-electron chi connectivity index (χ0n) is 12.0. The molecule has 0 aromatic heterocycles. The molecule has 1 aromatic carbocycles. The second kappa shape index (κ2) is 7.52. The predicted molar refractivity (Wildman–Crippen MR) is 78.4 cm³/mol. The zero-order valence-corrected chi connectivity index (χ0v) is 12.0. The first-order valence-electron chi connectivity index (χ1n) is 6.49. The number of carbonyl (C=O) groups is 1. The molecule has 0 fully saturated rings. The summed E-state index contributed by atoms with van der Waals surface area (Å²) in [5.74, 6) is -0.318. The molecule has 0 radical (unpaired) electrons. The lowest BCUT2D eigenvalue weighted by Crippen LogP contribution is -2.04. The summed E-state index contributed by atoms with van der Waals surface area (Å²) in [6.45, 7) is 7.99. The summed E-state index contributed by atoms with van der Waals surface area (Å²) in [4.78, 5) is 16.0. The van der Waals surface area contributed by atoms with Crippen LogP contribution >= 0.6 is 0 Å². The minimum absolute atomic E-state index is 0.0757. The van der Waals surface area contributed by atoms with Gasteiger partial charge in [-0.25, -0.2) is 4.79 Å². The summed E-state index contributed by atoms with van der Waals surface area (Å²) < 4.78 is 4.88. The molecule has 0 N–H and O–H groups in total. The maximum atomic E-state index is 11.4. The molecular weight excluding hydrogens is 238 g/mol. The SMILES string of the molecule is CCOC(=O)/C=C(\C)C(C)=N[C@@H](C)c1ccccc1. The predicted octanol–water partition coefficient (Wildman–Crippen LogP) is 3.72. The summed E-state index contributed by atoms with van der Waals surface area (Å²) in [6, 6.07) is 10.2. The second-order valence-corrected chi connectivity index (χ2v) is 4.38. The van der Waals surface area contributed by atoms with Crippen LogP contribution in [0.1, 0.15) is 39.3 Å². The normalized spacial score (nSPS) is 14.1. The number of ether oxygens (including phenoxy) is 1. The Hall–Kier alpha value is -1.90. The van der Waals surface area contributed by atoms with Crippen molar-refractivity contribution in [1.29, 1.82) is 0 Å². The zero-order chi connectivity index (χ0) is 14.3. The van der Waals surface area contributed by atoms with Gasteiger partial charge in [-0.05, 0) is 38.8 Å². The van der Waals surface area contributed by atoms with Gasteiger partial charge < -0.3 is 4.74 Å². The molecule has 0 aliphatic heterocycles. The van der Waals surface area contributed by atoms with Gasteiger partial charge >= 0.3 is 5.97 Å². The molecule has 0 heterocycles. The topological polar surface area (TPSA) is 38.7 Å². The largest absolute Gasteiger partial charge is 0.463 e. The van der Waals surface area contributed by atoms with Gasteiger partial charge in [0, 0.05) is 11.8 Å². The summed E-state index contributed by atoms with van der Waals surface area (Å²) in [5.41, 5.74) is 2.84. The minimum atomic E-state index is -0.318. The van der Waals surface area contributed by atoms with E-state index >= 15 is 0 Å². The van der Waals surface area contributed by atoms with E-state index in [1.807, 2.05) is 51.1 Å². The highest BCUT2D eigenvalue weighted by Crippen LogP contribution is 2.17. The van der Waals surface area contributed by atoms with Gasteiger partial charge in [-0.1, -0.05) is 30.3 Å². The van der Waals surface area contributed by atoms with Gasteiger partial charge in [0.05, 0.1) is 12.6 Å². The van der Waals surface area contributed by atoms with Crippen LogP contribution in [0.4, 0.5) is 0 Å². The van der Waals surface area contributed by atoms with Crippen LogP contribution in [0.2, 0.25) is 0 Å². The fourth-order valence-electron chi connectivity index (χ4n) is 1.66. The highest BCUT2D eigenvalue weighted by Gasteiger charge is 2.05. The Morgan fingerprint density at radius 2 is 1.95 bits per heavy atom. The fraction of sp³-hybridized carbons (Fsp3) is 0.375. The van der Waals surface area contributed by atoms with Crippen molar-refractivity contribution in [2.45, 2.75) is 33.7 Å². The second-order valence-electron chi connectivity index (χ2n) is 4.38. The van der Waals surface area contributed by atoms with Crippen molar-refractivity contribution in [3.8, 4) is 0 Å². The van der Waals surface area contributed by atoms with E-state index in [1.165, 1.54) is 6.08 Å². The van der Waals surface area contributed by atoms with Crippen molar-refractivity contribution in [2.24, 2.45) is 4.99 Å². The summed E-state index contributed by atoms with van der Waals surface area (Å²) >= 11 is 0. The van der Waals surface area contributed by atoms with Crippen molar-refractivity contribution < 1.29 is 9.53 Å². The average molecular weight is 259 g/mol. The molecule has 19 heavy (non-hydrogen) atoms. The first-order valence-corrected chi connectivity index (χ1v) is 6.49. The van der Waals surface area contributed by atoms with Crippen molar-refractivity contribution in [3.63, 3.8) is 0 Å². The quantitative estimate of drug-likeness (QED) is 0.459. The molecule has 0 unspecified atom stereocenters. The fourth-order valence-corrected chi connectivity index (χ4v) is 1.66. The number of nitrogens with zero attached hydrogens (tertiary/aromatic N) is 1. The number of hydrogen-bond donors (Lipinski definition) is 0. The Morgan fingerprint density at radius 1 is 1.32 bits per heavy atom. The van der Waals surface area contributed by atoms with E-state index in [9.17, 15) is 4.79 Å². The molecule has 3 nitrogen and oxygen atoms in total. The molecule has 3 heteroatoms. The molecule has 0 saturated carbocycles. The number of benzene rings is 1. The van der Waals surface area contributed by atoms with Crippen molar-refractivity contribution in [2.75, 3.05) is 6.61 Å². The number of hydrogen-bond acceptors (Lipinski definition) is 3. The van der Waals surface area contributed by atoms with Crippen molar-refractivity contribution in [1.82, 2.24) is 0 Å². The van der Waals surface area contributed by atoms with Gasteiger partial charge in [-0.3, -0.25) is 4.99 Å². The Bertz CT molecular complexity index is 475. The maximum absolute atomic E-state index is 11.4. The molecule has 1 aromatic rings. The van der Waals surface area contributed by atoms with Crippen LogP contribution < -0.4 is 0 Å². The molecule has 0 saturated heterocycles. The summed E-state index contributed by atoms with van der Waals surface area (Å²) in [6.07, 6.45) is 1.49. The Balaban J connectivity index is 2.79. The van der Waals surface area contributed by atoms with Gasteiger partial charge in [-0.2, -0.15) is 0 Å². The van der Waals surface area contributed by atoms with Gasteiger partial charge in [0.1, 0.15) is 0 Å². The van der Waals surface area contributed by atoms with E-state index in [2.05, 4.69) is 4.99 Å². The molecule has 0 bridgehead atoms. The third kappa shape index (κ3) is 5.08. The van der Waals surface area contributed by atoms with Gasteiger partial charge in [-0.15, -0.1) is 0 Å². The first kappa shape index (κ1) is 15.2. The molecule has 102 valence electrons. The number of carbonyl (C=O) groups excluding carboxylic acids is 1. The van der Waals surface area contributed by atoms with Crippen LogP contribution in [0.3, 0.4) is 0 Å². The van der Waals surface area contributed by atoms with E-state index < -0.39 is 0 Å². The van der Waals surface area contributed by atoms with Crippen molar-refractivity contribution >= 4 is 11.7 Å². The van der Waals surface area contributed by atoms with Crippen LogP contribution in [0, 0.1) is 0 Å². The monoisotopic (exact) mass is 259 g/mol. The van der Waals surface area contributed by atoms with E-state index in [1.54, 1.807) is 6.92 Å².